The van der Waals surface area contributed by atoms with E-state index in [0.29, 0.717) is 12.3 Å². The van der Waals surface area contributed by atoms with Gasteiger partial charge in [-0.15, -0.1) is 0 Å². The van der Waals surface area contributed by atoms with E-state index in [9.17, 15) is 17.6 Å². The highest BCUT2D eigenvalue weighted by Crippen LogP contribution is 2.23. The van der Waals surface area contributed by atoms with Crippen molar-refractivity contribution >= 4 is 0 Å². The Balaban J connectivity index is 2.30. The summed E-state index contributed by atoms with van der Waals surface area (Å²) >= 11 is 0. The Bertz CT molecular complexity index is 373. The van der Waals surface area contributed by atoms with Crippen LogP contribution in [-0.4, -0.2) is 42.7 Å². The van der Waals surface area contributed by atoms with Gasteiger partial charge in [-0.2, -0.15) is 13.8 Å². The number of nitrogens with zero attached hydrogens (tertiary/aromatic N) is 2. The molecule has 0 atom stereocenters. The molecule has 1 aromatic heterocycles. The molecule has 0 spiro atoms. The quantitative estimate of drug-likeness (QED) is 0.552. The molecule has 0 amide bonds. The average molecular weight is 285 g/mol. The predicted octanol–water partition coefficient (Wildman–Crippen LogP) is 1.64. The van der Waals surface area contributed by atoms with Gasteiger partial charge in [0.25, 0.3) is 0 Å². The van der Waals surface area contributed by atoms with Crippen LogP contribution in [0, 0.1) is 0 Å². The molecule has 19 heavy (non-hydrogen) atoms. The first-order valence-corrected chi connectivity index (χ1v) is 5.65. The van der Waals surface area contributed by atoms with Crippen LogP contribution in [-0.2, 0) is 17.8 Å². The predicted molar refractivity (Wildman–Crippen MR) is 57.2 cm³/mol. The van der Waals surface area contributed by atoms with E-state index in [1.807, 2.05) is 0 Å². The van der Waals surface area contributed by atoms with Crippen molar-refractivity contribution in [2.45, 2.75) is 31.8 Å². The molecular formula is C10H15F4N3O2. The number of aryl methyl sites for hydroxylation is 1. The molecule has 0 saturated carbocycles. The zero-order valence-electron chi connectivity index (χ0n) is 10.3. The summed E-state index contributed by atoms with van der Waals surface area (Å²) < 4.78 is 58.0. The van der Waals surface area contributed by atoms with Crippen molar-refractivity contribution in [3.63, 3.8) is 0 Å². The molecule has 5 nitrogen and oxygen atoms in total. The molecule has 110 valence electrons. The highest BCUT2D eigenvalue weighted by molar-refractivity contribution is 4.85. The monoisotopic (exact) mass is 285 g/mol. The molecule has 0 aliphatic rings. The lowest BCUT2D eigenvalue weighted by molar-refractivity contribution is -0.168. The van der Waals surface area contributed by atoms with E-state index in [1.165, 1.54) is 0 Å². The Kier molecular flexibility index (Phi) is 6.16. The summed E-state index contributed by atoms with van der Waals surface area (Å²) in [5.41, 5.74) is 0. The normalized spacial score (nSPS) is 12.3. The molecule has 1 aromatic rings. The maximum Gasteiger partial charge on any atom is 0.330 e. The van der Waals surface area contributed by atoms with E-state index in [4.69, 9.17) is 4.52 Å². The number of rotatable bonds is 9. The third-order valence-corrected chi connectivity index (χ3v) is 2.17. The lowest BCUT2D eigenvalue weighted by Gasteiger charge is -2.14. The first-order valence-electron chi connectivity index (χ1n) is 5.65. The van der Waals surface area contributed by atoms with Crippen molar-refractivity contribution in [1.29, 1.82) is 0 Å². The molecule has 0 aliphatic heterocycles. The van der Waals surface area contributed by atoms with Gasteiger partial charge in [-0.1, -0.05) is 5.16 Å². The fraction of sp³-hybridized carbons (Fsp3) is 0.800. The highest BCUT2D eigenvalue weighted by atomic mass is 19.3. The van der Waals surface area contributed by atoms with Gasteiger partial charge < -0.3 is 14.6 Å². The van der Waals surface area contributed by atoms with Crippen molar-refractivity contribution in [3.05, 3.63) is 11.7 Å². The highest BCUT2D eigenvalue weighted by Gasteiger charge is 2.41. The third-order valence-electron chi connectivity index (χ3n) is 2.17. The number of hydrogen-bond donors (Lipinski definition) is 1. The fourth-order valence-electron chi connectivity index (χ4n) is 1.21. The van der Waals surface area contributed by atoms with E-state index in [-0.39, 0.29) is 5.82 Å². The van der Waals surface area contributed by atoms with E-state index in [1.54, 1.807) is 7.05 Å². The molecule has 1 heterocycles. The van der Waals surface area contributed by atoms with E-state index in [0.717, 1.165) is 13.0 Å². The molecule has 0 unspecified atom stereocenters. The lowest BCUT2D eigenvalue weighted by Crippen LogP contribution is -2.32. The Labute approximate surface area is 107 Å². The lowest BCUT2D eigenvalue weighted by atomic mass is 10.3. The van der Waals surface area contributed by atoms with Crippen molar-refractivity contribution in [3.8, 4) is 0 Å². The van der Waals surface area contributed by atoms with Gasteiger partial charge in [0.2, 0.25) is 5.89 Å². The van der Waals surface area contributed by atoms with Gasteiger partial charge in [0, 0.05) is 6.42 Å². The minimum absolute atomic E-state index is 0.0597. The second-order valence-electron chi connectivity index (χ2n) is 3.87. The number of alkyl halides is 4. The van der Waals surface area contributed by atoms with Gasteiger partial charge in [0.05, 0.1) is 0 Å². The summed E-state index contributed by atoms with van der Waals surface area (Å²) in [5, 5.41) is 6.43. The largest absolute Gasteiger partial charge is 0.367 e. The second-order valence-corrected chi connectivity index (χ2v) is 3.87. The Morgan fingerprint density at radius 3 is 2.79 bits per heavy atom. The fourth-order valence-corrected chi connectivity index (χ4v) is 1.21. The number of nitrogens with one attached hydrogen (secondary N) is 1. The third kappa shape index (κ3) is 5.52. The molecule has 0 aromatic carbocycles. The Morgan fingerprint density at radius 2 is 2.16 bits per heavy atom. The number of hydrogen-bond acceptors (Lipinski definition) is 5. The van der Waals surface area contributed by atoms with Crippen LogP contribution in [0.4, 0.5) is 17.6 Å². The Hall–Kier alpha value is -1.22. The first-order chi connectivity index (χ1) is 8.95. The van der Waals surface area contributed by atoms with Crippen molar-refractivity contribution in [2.24, 2.45) is 0 Å². The van der Waals surface area contributed by atoms with E-state index >= 15 is 0 Å². The zero-order valence-corrected chi connectivity index (χ0v) is 10.3. The molecule has 0 fully saturated rings. The number of halogens is 4. The van der Waals surface area contributed by atoms with Crippen LogP contribution < -0.4 is 5.32 Å². The molecule has 0 bridgehead atoms. The smallest absolute Gasteiger partial charge is 0.330 e. The minimum atomic E-state index is -4.17. The molecule has 9 heteroatoms. The Morgan fingerprint density at radius 1 is 1.42 bits per heavy atom. The van der Waals surface area contributed by atoms with Crippen LogP contribution in [0.5, 0.6) is 0 Å². The summed E-state index contributed by atoms with van der Waals surface area (Å²) in [6, 6.07) is 0. The van der Waals surface area contributed by atoms with Gasteiger partial charge >= 0.3 is 12.3 Å². The molecule has 1 N–H and O–H groups in total. The second kappa shape index (κ2) is 7.39. The van der Waals surface area contributed by atoms with Gasteiger partial charge in [-0.3, -0.25) is 0 Å². The summed E-state index contributed by atoms with van der Waals surface area (Å²) in [4.78, 5) is 3.88. The summed E-state index contributed by atoms with van der Waals surface area (Å²) in [6.07, 6.45) is -2.43. The first kappa shape index (κ1) is 15.8. The summed E-state index contributed by atoms with van der Waals surface area (Å²) in [6.45, 7) is -0.999. The van der Waals surface area contributed by atoms with Crippen LogP contribution in [0.25, 0.3) is 0 Å². The van der Waals surface area contributed by atoms with Crippen LogP contribution in [0.2, 0.25) is 0 Å². The SMILES string of the molecule is CNCCCc1nc(COCC(F)(F)C(F)F)no1. The van der Waals surface area contributed by atoms with Crippen molar-refractivity contribution < 1.29 is 26.8 Å². The maximum absolute atomic E-state index is 12.5. The van der Waals surface area contributed by atoms with Gasteiger partial charge in [-0.05, 0) is 20.0 Å². The molecule has 0 saturated heterocycles. The van der Waals surface area contributed by atoms with E-state index in [2.05, 4.69) is 20.2 Å². The van der Waals surface area contributed by atoms with Crippen LogP contribution in [0.15, 0.2) is 4.52 Å². The summed E-state index contributed by atoms with van der Waals surface area (Å²) in [7, 11) is 1.80. The minimum Gasteiger partial charge on any atom is -0.367 e. The summed E-state index contributed by atoms with van der Waals surface area (Å²) in [5.74, 6) is -3.75. The zero-order chi connectivity index (χ0) is 14.3. The van der Waals surface area contributed by atoms with Crippen molar-refractivity contribution in [2.75, 3.05) is 20.2 Å². The molecule has 0 radical (unpaired) electrons. The van der Waals surface area contributed by atoms with Crippen LogP contribution in [0.3, 0.4) is 0 Å². The average Bonchev–Trinajstić information content (AvgIpc) is 2.77. The van der Waals surface area contributed by atoms with Gasteiger partial charge in [0.15, 0.2) is 5.82 Å². The number of aromatic nitrogens is 2. The van der Waals surface area contributed by atoms with E-state index < -0.39 is 25.6 Å². The molecule has 1 rings (SSSR count). The molecule has 0 aliphatic carbocycles. The standard InChI is InChI=1S/C10H15F4N3O2/c1-15-4-2-3-8-16-7(17-19-8)5-18-6-10(13,14)9(11)12/h9,15H,2-6H2,1H3. The van der Waals surface area contributed by atoms with Crippen molar-refractivity contribution in [1.82, 2.24) is 15.5 Å². The topological polar surface area (TPSA) is 60.2 Å². The van der Waals surface area contributed by atoms with Gasteiger partial charge in [-0.25, -0.2) is 8.78 Å². The van der Waals surface area contributed by atoms with Crippen LogP contribution in [0.1, 0.15) is 18.1 Å². The van der Waals surface area contributed by atoms with Crippen LogP contribution >= 0.6 is 0 Å². The number of ether oxygens (including phenoxy) is 1. The molecular weight excluding hydrogens is 270 g/mol. The van der Waals surface area contributed by atoms with Gasteiger partial charge in [0.1, 0.15) is 13.2 Å². The maximum atomic E-state index is 12.5.